The number of rotatable bonds is 5. The van der Waals surface area contributed by atoms with Crippen molar-refractivity contribution in [2.45, 2.75) is 44.4 Å². The number of ether oxygens (including phenoxy) is 2. The van der Waals surface area contributed by atoms with Crippen LogP contribution in [-0.2, 0) is 13.1 Å². The van der Waals surface area contributed by atoms with Gasteiger partial charge in [-0.05, 0) is 36.3 Å². The van der Waals surface area contributed by atoms with Crippen molar-refractivity contribution >= 4 is 11.8 Å². The van der Waals surface area contributed by atoms with Gasteiger partial charge in [-0.2, -0.15) is 9.97 Å². The molecule has 3 unspecified atom stereocenters. The summed E-state index contributed by atoms with van der Waals surface area (Å²) in [6, 6.07) is 9.42. The highest BCUT2D eigenvalue weighted by atomic mass is 16.5. The first-order valence-electron chi connectivity index (χ1n) is 10.3. The monoisotopic (exact) mass is 396 g/mol. The van der Waals surface area contributed by atoms with Crippen LogP contribution in [-0.4, -0.2) is 42.8 Å². The molecule has 1 saturated heterocycles. The lowest BCUT2D eigenvalue weighted by atomic mass is 9.83. The van der Waals surface area contributed by atoms with E-state index in [2.05, 4.69) is 50.3 Å². The number of nitrogens with zero attached hydrogens (tertiary/aromatic N) is 3. The number of aromatic nitrogens is 2. The highest BCUT2D eigenvalue weighted by molar-refractivity contribution is 5.60. The van der Waals surface area contributed by atoms with Gasteiger partial charge in [0.05, 0.1) is 14.2 Å². The van der Waals surface area contributed by atoms with E-state index >= 15 is 0 Å². The molecule has 3 heterocycles. The van der Waals surface area contributed by atoms with Gasteiger partial charge in [0, 0.05) is 31.7 Å². The fourth-order valence-corrected chi connectivity index (χ4v) is 4.78. The zero-order valence-corrected chi connectivity index (χ0v) is 16.9. The molecule has 29 heavy (non-hydrogen) atoms. The molecule has 8 nitrogen and oxygen atoms in total. The summed E-state index contributed by atoms with van der Waals surface area (Å²) in [6.07, 6.45) is 3.34. The lowest BCUT2D eigenvalue weighted by Gasteiger charge is -2.32. The van der Waals surface area contributed by atoms with Crippen LogP contribution in [0.25, 0.3) is 0 Å². The fourth-order valence-electron chi connectivity index (χ4n) is 4.78. The van der Waals surface area contributed by atoms with Crippen molar-refractivity contribution in [2.75, 3.05) is 31.0 Å². The normalized spacial score (nSPS) is 25.4. The smallest absolute Gasteiger partial charge is 0.264 e. The van der Waals surface area contributed by atoms with Crippen LogP contribution in [0.1, 0.15) is 30.4 Å². The highest BCUT2D eigenvalue weighted by Crippen LogP contribution is 2.38. The fraction of sp³-hybridized carbons (Fsp3) is 0.524. The topological polar surface area (TPSA) is 83.6 Å². The Bertz CT molecular complexity index is 866. The van der Waals surface area contributed by atoms with Crippen LogP contribution in [0.5, 0.6) is 11.6 Å². The first kappa shape index (κ1) is 18.4. The molecule has 1 aromatic heterocycles. The first-order chi connectivity index (χ1) is 14.2. The van der Waals surface area contributed by atoms with E-state index in [0.29, 0.717) is 41.4 Å². The summed E-state index contributed by atoms with van der Waals surface area (Å²) in [5, 5.41) is 3.63. The molecule has 2 fully saturated rings. The Morgan fingerprint density at radius 3 is 2.59 bits per heavy atom. The second kappa shape index (κ2) is 7.68. The molecule has 0 bridgehead atoms. The number of hydrazine groups is 1. The molecule has 0 radical (unpaired) electrons. The molecule has 5 rings (SSSR count). The summed E-state index contributed by atoms with van der Waals surface area (Å²) in [6.45, 7) is 2.62. The maximum absolute atomic E-state index is 5.62. The quantitative estimate of drug-likeness (QED) is 0.709. The third-order valence-corrected chi connectivity index (χ3v) is 6.32. The first-order valence-corrected chi connectivity index (χ1v) is 10.3. The molecular formula is C21H28N6O2. The Kier molecular flexibility index (Phi) is 4.89. The molecule has 8 heteroatoms. The van der Waals surface area contributed by atoms with Crippen molar-refractivity contribution in [2.24, 2.45) is 5.92 Å². The molecule has 2 aliphatic heterocycles. The van der Waals surface area contributed by atoms with Crippen molar-refractivity contribution in [1.82, 2.24) is 20.8 Å². The molecule has 1 aromatic carbocycles. The number of hydrogen-bond donors (Lipinski definition) is 3. The van der Waals surface area contributed by atoms with Gasteiger partial charge in [-0.1, -0.05) is 24.3 Å². The van der Waals surface area contributed by atoms with Gasteiger partial charge in [0.1, 0.15) is 0 Å². The van der Waals surface area contributed by atoms with E-state index in [9.17, 15) is 0 Å². The predicted octanol–water partition coefficient (Wildman–Crippen LogP) is 2.07. The van der Waals surface area contributed by atoms with Crippen LogP contribution >= 0.6 is 0 Å². The maximum atomic E-state index is 5.62. The average Bonchev–Trinajstić information content (AvgIpc) is 3.39. The lowest BCUT2D eigenvalue weighted by Crippen LogP contribution is -2.39. The standard InChI is InChI=1S/C21H28N6O2/c1-28-18-19(23-16-7-8-17-15(9-16)10-22-26-17)24-21(25-20(18)29-2)27-11-13-5-3-4-6-14(13)12-27/h3-6,15-17,22,26H,7-12H2,1-2H3,(H,23,24,25). The molecule has 1 aliphatic carbocycles. The molecule has 3 N–H and O–H groups in total. The van der Waals surface area contributed by atoms with Crippen molar-refractivity contribution < 1.29 is 9.47 Å². The number of methoxy groups -OCH3 is 2. The van der Waals surface area contributed by atoms with Crippen molar-refractivity contribution in [1.29, 1.82) is 0 Å². The van der Waals surface area contributed by atoms with Crippen LogP contribution in [0.4, 0.5) is 11.8 Å². The summed E-state index contributed by atoms with van der Waals surface area (Å²) in [7, 11) is 3.26. The highest BCUT2D eigenvalue weighted by Gasteiger charge is 2.34. The molecular weight excluding hydrogens is 368 g/mol. The minimum absolute atomic E-state index is 0.357. The summed E-state index contributed by atoms with van der Waals surface area (Å²) in [5.74, 6) is 3.06. The minimum Gasteiger partial charge on any atom is -0.489 e. The molecule has 3 atom stereocenters. The van der Waals surface area contributed by atoms with Crippen LogP contribution < -0.4 is 30.5 Å². The Morgan fingerprint density at radius 2 is 1.86 bits per heavy atom. The third-order valence-electron chi connectivity index (χ3n) is 6.32. The second-order valence-electron chi connectivity index (χ2n) is 8.09. The number of fused-ring (bicyclic) bond motifs is 2. The zero-order chi connectivity index (χ0) is 19.8. The Balaban J connectivity index is 1.41. The lowest BCUT2D eigenvalue weighted by molar-refractivity contribution is 0.311. The minimum atomic E-state index is 0.357. The average molecular weight is 396 g/mol. The van der Waals surface area contributed by atoms with Gasteiger partial charge in [-0.3, -0.25) is 10.9 Å². The summed E-state index contributed by atoms with van der Waals surface area (Å²) in [5.41, 5.74) is 9.31. The van der Waals surface area contributed by atoms with Crippen molar-refractivity contribution in [3.8, 4) is 11.6 Å². The Hall–Kier alpha value is -2.58. The van der Waals surface area contributed by atoms with Gasteiger partial charge in [-0.15, -0.1) is 0 Å². The van der Waals surface area contributed by atoms with Crippen molar-refractivity contribution in [3.05, 3.63) is 35.4 Å². The van der Waals surface area contributed by atoms with E-state index in [1.54, 1.807) is 14.2 Å². The molecule has 0 spiro atoms. The van der Waals surface area contributed by atoms with Crippen LogP contribution in [0.15, 0.2) is 24.3 Å². The number of anilines is 2. The third kappa shape index (κ3) is 3.47. The number of hydrogen-bond acceptors (Lipinski definition) is 8. The molecule has 154 valence electrons. The van der Waals surface area contributed by atoms with E-state index in [4.69, 9.17) is 14.5 Å². The van der Waals surface area contributed by atoms with Gasteiger partial charge in [-0.25, -0.2) is 0 Å². The van der Waals surface area contributed by atoms with Crippen LogP contribution in [0, 0.1) is 5.92 Å². The SMILES string of the molecule is COc1nc(N2Cc3ccccc3C2)nc(NC2CCC3NNCC3C2)c1OC. The second-order valence-corrected chi connectivity index (χ2v) is 8.09. The van der Waals surface area contributed by atoms with E-state index in [1.165, 1.54) is 11.1 Å². The van der Waals surface area contributed by atoms with Crippen LogP contribution in [0.2, 0.25) is 0 Å². The Labute approximate surface area is 171 Å². The Morgan fingerprint density at radius 1 is 1.07 bits per heavy atom. The van der Waals surface area contributed by atoms with E-state index in [1.807, 2.05) is 0 Å². The largest absolute Gasteiger partial charge is 0.489 e. The van der Waals surface area contributed by atoms with Gasteiger partial charge in [0.25, 0.3) is 5.88 Å². The molecule has 3 aliphatic rings. The summed E-state index contributed by atoms with van der Waals surface area (Å²) >= 11 is 0. The summed E-state index contributed by atoms with van der Waals surface area (Å²) < 4.78 is 11.2. The van der Waals surface area contributed by atoms with Crippen LogP contribution in [0.3, 0.4) is 0 Å². The van der Waals surface area contributed by atoms with Crippen molar-refractivity contribution in [3.63, 3.8) is 0 Å². The van der Waals surface area contributed by atoms with E-state index < -0.39 is 0 Å². The molecule has 2 aromatic rings. The van der Waals surface area contributed by atoms with Gasteiger partial charge in [0.15, 0.2) is 5.82 Å². The number of benzene rings is 1. The molecule has 0 amide bonds. The predicted molar refractivity (Wildman–Crippen MR) is 111 cm³/mol. The summed E-state index contributed by atoms with van der Waals surface area (Å²) in [4.78, 5) is 11.7. The number of nitrogens with one attached hydrogen (secondary N) is 3. The maximum Gasteiger partial charge on any atom is 0.264 e. The van der Waals surface area contributed by atoms with E-state index in [-0.39, 0.29) is 0 Å². The van der Waals surface area contributed by atoms with E-state index in [0.717, 1.165) is 38.9 Å². The van der Waals surface area contributed by atoms with Gasteiger partial charge in [0.2, 0.25) is 11.7 Å². The zero-order valence-electron chi connectivity index (χ0n) is 16.9. The molecule has 1 saturated carbocycles. The van der Waals surface area contributed by atoms with Gasteiger partial charge < -0.3 is 19.7 Å². The van der Waals surface area contributed by atoms with Gasteiger partial charge >= 0.3 is 0 Å².